The molecule has 1 aromatic heterocycles. The Bertz CT molecular complexity index is 662. The molecular weight excluding hydrogens is 264 g/mol. The van der Waals surface area contributed by atoms with E-state index in [4.69, 9.17) is 4.74 Å². The van der Waals surface area contributed by atoms with Crippen molar-refractivity contribution in [2.75, 3.05) is 13.7 Å². The highest BCUT2D eigenvalue weighted by atomic mass is 16.5. The van der Waals surface area contributed by atoms with Crippen LogP contribution in [0.4, 0.5) is 0 Å². The van der Waals surface area contributed by atoms with E-state index in [1.807, 2.05) is 57.3 Å². The third-order valence-corrected chi connectivity index (χ3v) is 3.38. The zero-order chi connectivity index (χ0) is 15.2. The fourth-order valence-electron chi connectivity index (χ4n) is 2.43. The Hall–Kier alpha value is -2.07. The zero-order valence-electron chi connectivity index (χ0n) is 12.8. The van der Waals surface area contributed by atoms with Gasteiger partial charge in [-0.2, -0.15) is 0 Å². The van der Waals surface area contributed by atoms with E-state index in [0.29, 0.717) is 19.7 Å². The van der Waals surface area contributed by atoms with Crippen molar-refractivity contribution in [3.63, 3.8) is 0 Å². The monoisotopic (exact) mass is 286 g/mol. The maximum atomic E-state index is 12.5. The van der Waals surface area contributed by atoms with Gasteiger partial charge in [0, 0.05) is 24.2 Å². The standard InChI is InChI=1S/C17H22N2O2/c1-4-19-16(10-9-14(12-18-3)17(19)20)13-7-6-8-15(11-13)21-5-2/h6-11,18H,4-5,12H2,1-3H3. The molecule has 1 N–H and O–H groups in total. The summed E-state index contributed by atoms with van der Waals surface area (Å²) in [7, 11) is 1.84. The van der Waals surface area contributed by atoms with Gasteiger partial charge in [-0.1, -0.05) is 18.2 Å². The summed E-state index contributed by atoms with van der Waals surface area (Å²) in [6, 6.07) is 11.8. The molecule has 0 radical (unpaired) electrons. The first-order valence-electron chi connectivity index (χ1n) is 7.31. The van der Waals surface area contributed by atoms with Crippen molar-refractivity contribution in [3.05, 3.63) is 52.3 Å². The molecule has 1 heterocycles. The molecule has 0 atom stereocenters. The molecule has 1 aromatic carbocycles. The highest BCUT2D eigenvalue weighted by molar-refractivity contribution is 5.62. The molecule has 0 spiro atoms. The number of hydrogen-bond donors (Lipinski definition) is 1. The van der Waals surface area contributed by atoms with Crippen molar-refractivity contribution in [2.45, 2.75) is 26.9 Å². The third-order valence-electron chi connectivity index (χ3n) is 3.38. The third kappa shape index (κ3) is 3.34. The first kappa shape index (κ1) is 15.3. The summed E-state index contributed by atoms with van der Waals surface area (Å²) in [4.78, 5) is 12.5. The topological polar surface area (TPSA) is 43.3 Å². The van der Waals surface area contributed by atoms with Crippen molar-refractivity contribution in [1.82, 2.24) is 9.88 Å². The highest BCUT2D eigenvalue weighted by Crippen LogP contribution is 2.23. The first-order chi connectivity index (χ1) is 10.2. The number of pyridine rings is 1. The quantitative estimate of drug-likeness (QED) is 0.888. The molecule has 0 aliphatic heterocycles. The minimum absolute atomic E-state index is 0.0613. The predicted molar refractivity (Wildman–Crippen MR) is 85.7 cm³/mol. The molecule has 4 nitrogen and oxygen atoms in total. The molecule has 112 valence electrons. The SMILES string of the molecule is CCOc1cccc(-c2ccc(CNC)c(=O)n2CC)c1. The second-order valence-electron chi connectivity index (χ2n) is 4.78. The molecule has 0 aliphatic rings. The average Bonchev–Trinajstić information content (AvgIpc) is 2.50. The Labute approximate surface area is 125 Å². The molecule has 0 bridgehead atoms. The lowest BCUT2D eigenvalue weighted by molar-refractivity contribution is 0.340. The predicted octanol–water partition coefficient (Wildman–Crippen LogP) is 2.65. The molecule has 2 aromatic rings. The van der Waals surface area contributed by atoms with Crippen LogP contribution in [0.15, 0.2) is 41.2 Å². The van der Waals surface area contributed by atoms with E-state index in [9.17, 15) is 4.79 Å². The van der Waals surface area contributed by atoms with Crippen LogP contribution in [0.1, 0.15) is 19.4 Å². The van der Waals surface area contributed by atoms with Gasteiger partial charge in [0.15, 0.2) is 0 Å². The van der Waals surface area contributed by atoms with Gasteiger partial charge in [0.25, 0.3) is 5.56 Å². The maximum Gasteiger partial charge on any atom is 0.255 e. The van der Waals surface area contributed by atoms with Gasteiger partial charge in [-0.3, -0.25) is 4.79 Å². The molecule has 0 unspecified atom stereocenters. The summed E-state index contributed by atoms with van der Waals surface area (Å²) >= 11 is 0. The molecule has 0 saturated carbocycles. The lowest BCUT2D eigenvalue weighted by Gasteiger charge is -2.14. The van der Waals surface area contributed by atoms with Crippen LogP contribution >= 0.6 is 0 Å². The van der Waals surface area contributed by atoms with Gasteiger partial charge in [-0.05, 0) is 39.1 Å². The lowest BCUT2D eigenvalue weighted by atomic mass is 10.1. The normalized spacial score (nSPS) is 10.6. The lowest BCUT2D eigenvalue weighted by Crippen LogP contribution is -2.26. The smallest absolute Gasteiger partial charge is 0.255 e. The van der Waals surface area contributed by atoms with Crippen molar-refractivity contribution >= 4 is 0 Å². The average molecular weight is 286 g/mol. The van der Waals surface area contributed by atoms with Crippen LogP contribution in [-0.2, 0) is 13.1 Å². The van der Waals surface area contributed by atoms with Crippen LogP contribution in [0.25, 0.3) is 11.3 Å². The largest absolute Gasteiger partial charge is 0.494 e. The van der Waals surface area contributed by atoms with Crippen molar-refractivity contribution in [3.8, 4) is 17.0 Å². The summed E-state index contributed by atoms with van der Waals surface area (Å²) in [5, 5.41) is 3.03. The van der Waals surface area contributed by atoms with Gasteiger partial charge in [0.1, 0.15) is 5.75 Å². The van der Waals surface area contributed by atoms with Gasteiger partial charge in [0.2, 0.25) is 0 Å². The summed E-state index contributed by atoms with van der Waals surface area (Å²) in [5.74, 6) is 0.824. The Morgan fingerprint density at radius 2 is 2.00 bits per heavy atom. The van der Waals surface area contributed by atoms with Gasteiger partial charge in [0.05, 0.1) is 12.3 Å². The van der Waals surface area contributed by atoms with Crippen LogP contribution < -0.4 is 15.6 Å². The van der Waals surface area contributed by atoms with E-state index in [2.05, 4.69) is 5.32 Å². The van der Waals surface area contributed by atoms with E-state index in [1.54, 1.807) is 4.57 Å². The van der Waals surface area contributed by atoms with E-state index in [1.165, 1.54) is 0 Å². The Morgan fingerprint density at radius 1 is 1.19 bits per heavy atom. The molecular formula is C17H22N2O2. The molecule has 0 amide bonds. The summed E-state index contributed by atoms with van der Waals surface area (Å²) in [6.45, 7) is 5.80. The highest BCUT2D eigenvalue weighted by Gasteiger charge is 2.09. The molecule has 0 saturated heterocycles. The maximum absolute atomic E-state index is 12.5. The number of nitrogens with one attached hydrogen (secondary N) is 1. The summed E-state index contributed by atoms with van der Waals surface area (Å²) in [5.41, 5.74) is 2.76. The van der Waals surface area contributed by atoms with Gasteiger partial charge in [-0.25, -0.2) is 0 Å². The molecule has 0 aliphatic carbocycles. The van der Waals surface area contributed by atoms with Crippen molar-refractivity contribution in [2.24, 2.45) is 0 Å². The Kier molecular flexibility index (Phi) is 5.17. The van der Waals surface area contributed by atoms with Crippen LogP contribution in [0.3, 0.4) is 0 Å². The van der Waals surface area contributed by atoms with Crippen LogP contribution in [0.5, 0.6) is 5.75 Å². The van der Waals surface area contributed by atoms with E-state index >= 15 is 0 Å². The van der Waals surface area contributed by atoms with Crippen LogP contribution in [-0.4, -0.2) is 18.2 Å². The molecule has 0 fully saturated rings. The van der Waals surface area contributed by atoms with Gasteiger partial charge in [-0.15, -0.1) is 0 Å². The van der Waals surface area contributed by atoms with Crippen molar-refractivity contribution in [1.29, 1.82) is 0 Å². The van der Waals surface area contributed by atoms with Crippen molar-refractivity contribution < 1.29 is 4.74 Å². The molecule has 4 heteroatoms. The number of hydrogen-bond acceptors (Lipinski definition) is 3. The fraction of sp³-hybridized carbons (Fsp3) is 0.353. The van der Waals surface area contributed by atoms with Gasteiger partial charge < -0.3 is 14.6 Å². The fourth-order valence-corrected chi connectivity index (χ4v) is 2.43. The second kappa shape index (κ2) is 7.09. The first-order valence-corrected chi connectivity index (χ1v) is 7.31. The van der Waals surface area contributed by atoms with E-state index in [0.717, 1.165) is 22.6 Å². The number of benzene rings is 1. The number of nitrogens with zero attached hydrogens (tertiary/aromatic N) is 1. The zero-order valence-corrected chi connectivity index (χ0v) is 12.8. The Morgan fingerprint density at radius 3 is 2.67 bits per heavy atom. The minimum atomic E-state index is 0.0613. The summed E-state index contributed by atoms with van der Waals surface area (Å²) in [6.07, 6.45) is 0. The molecule has 21 heavy (non-hydrogen) atoms. The molecule has 2 rings (SSSR count). The van der Waals surface area contributed by atoms with E-state index in [-0.39, 0.29) is 5.56 Å². The number of rotatable bonds is 6. The van der Waals surface area contributed by atoms with E-state index < -0.39 is 0 Å². The number of aromatic nitrogens is 1. The number of ether oxygens (including phenoxy) is 1. The minimum Gasteiger partial charge on any atom is -0.494 e. The second-order valence-corrected chi connectivity index (χ2v) is 4.78. The summed E-state index contributed by atoms with van der Waals surface area (Å²) < 4.78 is 7.34. The Balaban J connectivity index is 2.51. The van der Waals surface area contributed by atoms with Crippen LogP contribution in [0, 0.1) is 0 Å². The van der Waals surface area contributed by atoms with Gasteiger partial charge >= 0.3 is 0 Å². The van der Waals surface area contributed by atoms with Crippen LogP contribution in [0.2, 0.25) is 0 Å².